The quantitative estimate of drug-likeness (QED) is 0.835. The van der Waals surface area contributed by atoms with Gasteiger partial charge in [-0.2, -0.15) is 0 Å². The van der Waals surface area contributed by atoms with Crippen LogP contribution in [0.15, 0.2) is 36.4 Å². The van der Waals surface area contributed by atoms with Crippen molar-refractivity contribution in [1.29, 1.82) is 0 Å². The first-order valence-corrected chi connectivity index (χ1v) is 7.13. The molecule has 0 aliphatic rings. The van der Waals surface area contributed by atoms with Gasteiger partial charge in [0.05, 0.1) is 0 Å². The molecule has 0 radical (unpaired) electrons. The van der Waals surface area contributed by atoms with E-state index in [-0.39, 0.29) is 0 Å². The van der Waals surface area contributed by atoms with E-state index >= 15 is 0 Å². The summed E-state index contributed by atoms with van der Waals surface area (Å²) < 4.78 is 0. The van der Waals surface area contributed by atoms with Crippen LogP contribution in [0.1, 0.15) is 37.5 Å². The zero-order valence-electron chi connectivity index (χ0n) is 12.0. The number of rotatable bonds is 4. The maximum atomic E-state index is 9.39. The molecule has 19 heavy (non-hydrogen) atoms. The van der Waals surface area contributed by atoms with Crippen LogP contribution in [0.4, 0.5) is 0 Å². The van der Waals surface area contributed by atoms with E-state index in [9.17, 15) is 5.11 Å². The standard InChI is InChI=1S/C18H22O/c1-4-13-11-16(12-14(5-2)18(13)6-3)15-7-9-17(19)10-8-15/h7-12,19H,4-6H2,1-3H3. The maximum Gasteiger partial charge on any atom is 0.115 e. The molecule has 2 rings (SSSR count). The summed E-state index contributed by atoms with van der Waals surface area (Å²) in [6.07, 6.45) is 3.24. The molecule has 0 heterocycles. The number of hydrogen-bond donors (Lipinski definition) is 1. The van der Waals surface area contributed by atoms with Crippen LogP contribution in [0.3, 0.4) is 0 Å². The number of phenols is 1. The van der Waals surface area contributed by atoms with Crippen molar-refractivity contribution in [2.24, 2.45) is 0 Å². The molecule has 0 saturated heterocycles. The minimum absolute atomic E-state index is 0.320. The number of aryl methyl sites for hydroxylation is 2. The van der Waals surface area contributed by atoms with E-state index in [4.69, 9.17) is 0 Å². The summed E-state index contributed by atoms with van der Waals surface area (Å²) in [4.78, 5) is 0. The van der Waals surface area contributed by atoms with E-state index < -0.39 is 0 Å². The molecule has 1 nitrogen and oxygen atoms in total. The van der Waals surface area contributed by atoms with Crippen LogP contribution in [0.2, 0.25) is 0 Å². The molecule has 1 heteroatoms. The minimum atomic E-state index is 0.320. The van der Waals surface area contributed by atoms with E-state index in [0.29, 0.717) is 5.75 Å². The van der Waals surface area contributed by atoms with E-state index in [0.717, 1.165) is 19.3 Å². The van der Waals surface area contributed by atoms with Gasteiger partial charge in [0.15, 0.2) is 0 Å². The molecular weight excluding hydrogens is 232 g/mol. The second-order valence-electron chi connectivity index (χ2n) is 4.88. The molecule has 1 N–H and O–H groups in total. The van der Waals surface area contributed by atoms with Gasteiger partial charge in [-0.3, -0.25) is 0 Å². The van der Waals surface area contributed by atoms with Crippen LogP contribution in [-0.4, -0.2) is 5.11 Å². The molecule has 0 amide bonds. The highest BCUT2D eigenvalue weighted by Gasteiger charge is 2.08. The van der Waals surface area contributed by atoms with Crippen LogP contribution in [-0.2, 0) is 19.3 Å². The Labute approximate surface area is 115 Å². The minimum Gasteiger partial charge on any atom is -0.508 e. The van der Waals surface area contributed by atoms with E-state index in [1.165, 1.54) is 27.8 Å². The third-order valence-electron chi connectivity index (χ3n) is 3.75. The van der Waals surface area contributed by atoms with Gasteiger partial charge in [0.1, 0.15) is 5.75 Å². The van der Waals surface area contributed by atoms with Crippen molar-refractivity contribution in [2.45, 2.75) is 40.0 Å². The summed E-state index contributed by atoms with van der Waals surface area (Å²) >= 11 is 0. The Morgan fingerprint density at radius 3 is 1.68 bits per heavy atom. The number of aromatic hydroxyl groups is 1. The van der Waals surface area contributed by atoms with Crippen molar-refractivity contribution in [1.82, 2.24) is 0 Å². The van der Waals surface area contributed by atoms with Crippen molar-refractivity contribution in [3.05, 3.63) is 53.1 Å². The molecule has 0 fully saturated rings. The molecule has 0 aliphatic carbocycles. The first-order valence-electron chi connectivity index (χ1n) is 7.13. The van der Waals surface area contributed by atoms with Crippen molar-refractivity contribution in [3.63, 3.8) is 0 Å². The smallest absolute Gasteiger partial charge is 0.115 e. The second-order valence-corrected chi connectivity index (χ2v) is 4.88. The molecule has 0 unspecified atom stereocenters. The summed E-state index contributed by atoms with van der Waals surface area (Å²) in [5.41, 5.74) is 6.83. The SMILES string of the molecule is CCc1cc(-c2ccc(O)cc2)cc(CC)c1CC. The molecule has 2 aromatic carbocycles. The Bertz CT molecular complexity index is 527. The summed E-state index contributed by atoms with van der Waals surface area (Å²) in [5.74, 6) is 0.320. The predicted molar refractivity (Wildman–Crippen MR) is 81.7 cm³/mol. The lowest BCUT2D eigenvalue weighted by atomic mass is 9.91. The van der Waals surface area contributed by atoms with Gasteiger partial charge < -0.3 is 5.11 Å². The number of hydrogen-bond acceptors (Lipinski definition) is 1. The molecule has 0 saturated carbocycles. The van der Waals surface area contributed by atoms with Crippen molar-refractivity contribution in [2.75, 3.05) is 0 Å². The Morgan fingerprint density at radius 1 is 0.737 bits per heavy atom. The largest absolute Gasteiger partial charge is 0.508 e. The fraction of sp³-hybridized carbons (Fsp3) is 0.333. The average molecular weight is 254 g/mol. The highest BCUT2D eigenvalue weighted by molar-refractivity contribution is 5.67. The Kier molecular flexibility index (Phi) is 4.26. The maximum absolute atomic E-state index is 9.39. The van der Waals surface area contributed by atoms with E-state index in [1.54, 1.807) is 12.1 Å². The Hall–Kier alpha value is -1.76. The van der Waals surface area contributed by atoms with Gasteiger partial charge in [-0.1, -0.05) is 45.0 Å². The highest BCUT2D eigenvalue weighted by Crippen LogP contribution is 2.28. The molecule has 2 aromatic rings. The molecule has 100 valence electrons. The lowest BCUT2D eigenvalue weighted by Gasteiger charge is -2.15. The number of phenolic OH excluding ortho intramolecular Hbond substituents is 1. The molecule has 0 aromatic heterocycles. The van der Waals surface area contributed by atoms with E-state index in [2.05, 4.69) is 32.9 Å². The second kappa shape index (κ2) is 5.92. The normalized spacial score (nSPS) is 10.7. The van der Waals surface area contributed by atoms with Crippen molar-refractivity contribution < 1.29 is 5.11 Å². The fourth-order valence-corrected chi connectivity index (χ4v) is 2.70. The van der Waals surface area contributed by atoms with Crippen LogP contribution >= 0.6 is 0 Å². The predicted octanol–water partition coefficient (Wildman–Crippen LogP) is 4.75. The van der Waals surface area contributed by atoms with Crippen molar-refractivity contribution in [3.8, 4) is 16.9 Å². The summed E-state index contributed by atoms with van der Waals surface area (Å²) in [6, 6.07) is 12.1. The summed E-state index contributed by atoms with van der Waals surface area (Å²) in [6.45, 7) is 6.66. The Balaban J connectivity index is 2.55. The third kappa shape index (κ3) is 2.81. The van der Waals surface area contributed by atoms with Crippen LogP contribution in [0.5, 0.6) is 5.75 Å². The highest BCUT2D eigenvalue weighted by atomic mass is 16.3. The lowest BCUT2D eigenvalue weighted by molar-refractivity contribution is 0.475. The van der Waals surface area contributed by atoms with E-state index in [1.807, 2.05) is 12.1 Å². The zero-order valence-corrected chi connectivity index (χ0v) is 12.0. The van der Waals surface area contributed by atoms with Crippen molar-refractivity contribution >= 4 is 0 Å². The van der Waals surface area contributed by atoms with Gasteiger partial charge in [0, 0.05) is 0 Å². The van der Waals surface area contributed by atoms with Gasteiger partial charge in [-0.25, -0.2) is 0 Å². The van der Waals surface area contributed by atoms with Crippen LogP contribution < -0.4 is 0 Å². The van der Waals surface area contributed by atoms with Gasteiger partial charge >= 0.3 is 0 Å². The average Bonchev–Trinajstić information content (AvgIpc) is 2.46. The fourth-order valence-electron chi connectivity index (χ4n) is 2.70. The lowest BCUT2D eigenvalue weighted by Crippen LogP contribution is -1.98. The first-order chi connectivity index (χ1) is 9.19. The monoisotopic (exact) mass is 254 g/mol. The van der Waals surface area contributed by atoms with Gasteiger partial charge in [-0.15, -0.1) is 0 Å². The molecule has 0 atom stereocenters. The molecule has 0 aliphatic heterocycles. The van der Waals surface area contributed by atoms with Gasteiger partial charge in [0.25, 0.3) is 0 Å². The van der Waals surface area contributed by atoms with Gasteiger partial charge in [-0.05, 0) is 59.2 Å². The zero-order chi connectivity index (χ0) is 13.8. The molecular formula is C18H22O. The number of benzene rings is 2. The first kappa shape index (κ1) is 13.7. The third-order valence-corrected chi connectivity index (χ3v) is 3.75. The summed E-state index contributed by atoms with van der Waals surface area (Å²) in [7, 11) is 0. The summed E-state index contributed by atoms with van der Waals surface area (Å²) in [5, 5.41) is 9.39. The molecule has 0 spiro atoms. The van der Waals surface area contributed by atoms with Crippen LogP contribution in [0.25, 0.3) is 11.1 Å². The van der Waals surface area contributed by atoms with Crippen LogP contribution in [0, 0.1) is 0 Å². The topological polar surface area (TPSA) is 20.2 Å². The molecule has 0 bridgehead atoms. The Morgan fingerprint density at radius 2 is 1.26 bits per heavy atom. The van der Waals surface area contributed by atoms with Gasteiger partial charge in [0.2, 0.25) is 0 Å².